The van der Waals surface area contributed by atoms with E-state index in [2.05, 4.69) is 62.3 Å². The fraction of sp³-hybridized carbons (Fsp3) is 0.310. The van der Waals surface area contributed by atoms with Gasteiger partial charge in [0.25, 0.3) is 0 Å². The second-order valence-electron chi connectivity index (χ2n) is 9.48. The summed E-state index contributed by atoms with van der Waals surface area (Å²) in [5.41, 5.74) is 11.4. The summed E-state index contributed by atoms with van der Waals surface area (Å²) >= 11 is 0. The molecular formula is C29H35ClN6O. The predicted octanol–water partition coefficient (Wildman–Crippen LogP) is 4.92. The lowest BCUT2D eigenvalue weighted by Gasteiger charge is -2.32. The van der Waals surface area contributed by atoms with Crippen molar-refractivity contribution in [3.63, 3.8) is 0 Å². The van der Waals surface area contributed by atoms with Crippen LogP contribution in [0, 0.1) is 6.92 Å². The van der Waals surface area contributed by atoms with Gasteiger partial charge in [0.1, 0.15) is 11.4 Å². The third kappa shape index (κ3) is 6.49. The third-order valence-corrected chi connectivity index (χ3v) is 6.80. The molecule has 2 aromatic carbocycles. The molecule has 8 heteroatoms. The van der Waals surface area contributed by atoms with Crippen LogP contribution in [0.2, 0.25) is 0 Å². The number of rotatable bonds is 8. The summed E-state index contributed by atoms with van der Waals surface area (Å²) in [5, 5.41) is 14.2. The lowest BCUT2D eigenvalue weighted by molar-refractivity contribution is 0.224. The number of nitrogens with zero attached hydrogens (tertiary/aromatic N) is 4. The number of pyridine rings is 1. The maximum absolute atomic E-state index is 10.5. The van der Waals surface area contributed by atoms with Crippen LogP contribution in [-0.2, 0) is 6.54 Å². The van der Waals surface area contributed by atoms with E-state index in [1.165, 1.54) is 0 Å². The largest absolute Gasteiger partial charge is 0.506 e. The number of imidazole rings is 1. The molecule has 2 aromatic heterocycles. The molecule has 1 saturated heterocycles. The standard InChI is InChI=1S/C29H34N6O.ClH/c1-21-7-12-28(36)26(31-21)20-35-27-19-23(9-8-22-5-3-2-4-6-22)10-11-25(27)33-29(35)32-24-13-16-34(17-14-24)18-15-30;/h2-12,19,24,36H,13-18,20,30H2,1H3,(H,32,33);1H. The van der Waals surface area contributed by atoms with E-state index in [1.54, 1.807) is 6.07 Å². The summed E-state index contributed by atoms with van der Waals surface area (Å²) in [6, 6.07) is 20.5. The van der Waals surface area contributed by atoms with Crippen molar-refractivity contribution in [1.29, 1.82) is 0 Å². The van der Waals surface area contributed by atoms with Crippen molar-refractivity contribution >= 4 is 41.5 Å². The average Bonchev–Trinajstić information content (AvgIpc) is 3.23. The van der Waals surface area contributed by atoms with Crippen molar-refractivity contribution in [3.05, 3.63) is 83.2 Å². The van der Waals surface area contributed by atoms with Gasteiger partial charge in [0.05, 0.1) is 17.6 Å². The number of nitrogens with one attached hydrogen (secondary N) is 1. The summed E-state index contributed by atoms with van der Waals surface area (Å²) in [6.07, 6.45) is 6.32. The van der Waals surface area contributed by atoms with Crippen LogP contribution in [-0.4, -0.2) is 56.8 Å². The van der Waals surface area contributed by atoms with Crippen LogP contribution in [0.3, 0.4) is 0 Å². The molecule has 4 aromatic rings. The van der Waals surface area contributed by atoms with Gasteiger partial charge in [-0.15, -0.1) is 12.4 Å². The first-order valence-electron chi connectivity index (χ1n) is 12.7. The van der Waals surface area contributed by atoms with E-state index in [9.17, 15) is 5.11 Å². The van der Waals surface area contributed by atoms with E-state index in [-0.39, 0.29) is 18.2 Å². The van der Waals surface area contributed by atoms with E-state index in [0.717, 1.165) is 66.3 Å². The van der Waals surface area contributed by atoms with Gasteiger partial charge in [-0.1, -0.05) is 48.6 Å². The molecule has 0 aliphatic carbocycles. The lowest BCUT2D eigenvalue weighted by atomic mass is 10.1. The Morgan fingerprint density at radius 3 is 2.51 bits per heavy atom. The number of benzene rings is 2. The van der Waals surface area contributed by atoms with Gasteiger partial charge in [0, 0.05) is 37.9 Å². The Balaban J connectivity index is 0.00000320. The first-order chi connectivity index (χ1) is 17.6. The highest BCUT2D eigenvalue weighted by atomic mass is 35.5. The Bertz CT molecular complexity index is 1350. The summed E-state index contributed by atoms with van der Waals surface area (Å²) in [4.78, 5) is 12.0. The normalized spacial score (nSPS) is 14.8. The summed E-state index contributed by atoms with van der Waals surface area (Å²) in [5.74, 6) is 1.01. The molecule has 37 heavy (non-hydrogen) atoms. The summed E-state index contributed by atoms with van der Waals surface area (Å²) in [7, 11) is 0. The van der Waals surface area contributed by atoms with Gasteiger partial charge < -0.3 is 25.6 Å². The molecule has 0 amide bonds. The van der Waals surface area contributed by atoms with E-state index in [4.69, 9.17) is 10.7 Å². The van der Waals surface area contributed by atoms with Crippen LogP contribution in [0.4, 0.5) is 5.95 Å². The number of aromatic nitrogens is 3. The SMILES string of the molecule is Cc1ccc(O)c(Cn2c(NC3CCN(CCN)CC3)nc3ccc(C=Cc4ccccc4)cc32)n1.Cl. The van der Waals surface area contributed by atoms with Crippen LogP contribution >= 0.6 is 12.4 Å². The van der Waals surface area contributed by atoms with Gasteiger partial charge in [0.2, 0.25) is 5.95 Å². The van der Waals surface area contributed by atoms with Crippen molar-refractivity contribution < 1.29 is 5.11 Å². The highest BCUT2D eigenvalue weighted by molar-refractivity contribution is 5.85. The number of likely N-dealkylation sites (tertiary alicyclic amines) is 1. The Labute approximate surface area is 224 Å². The van der Waals surface area contributed by atoms with E-state index < -0.39 is 0 Å². The maximum Gasteiger partial charge on any atom is 0.204 e. The minimum atomic E-state index is 0. The first kappa shape index (κ1) is 26.7. The summed E-state index contributed by atoms with van der Waals surface area (Å²) < 4.78 is 2.14. The molecule has 194 valence electrons. The van der Waals surface area contributed by atoms with Gasteiger partial charge in [-0.05, 0) is 55.2 Å². The van der Waals surface area contributed by atoms with Gasteiger partial charge in [-0.2, -0.15) is 0 Å². The molecule has 0 spiro atoms. The predicted molar refractivity (Wildman–Crippen MR) is 154 cm³/mol. The molecule has 3 heterocycles. The van der Waals surface area contributed by atoms with Crippen molar-refractivity contribution in [3.8, 4) is 5.75 Å². The quantitative estimate of drug-likeness (QED) is 0.287. The molecule has 1 fully saturated rings. The van der Waals surface area contributed by atoms with Crippen LogP contribution in [0.15, 0.2) is 60.7 Å². The zero-order valence-electron chi connectivity index (χ0n) is 21.2. The molecule has 0 radical (unpaired) electrons. The van der Waals surface area contributed by atoms with Crippen LogP contribution in [0.1, 0.15) is 35.4 Å². The number of aryl methyl sites for hydroxylation is 1. The van der Waals surface area contributed by atoms with Crippen LogP contribution in [0.5, 0.6) is 5.75 Å². The van der Waals surface area contributed by atoms with Crippen molar-refractivity contribution in [2.75, 3.05) is 31.5 Å². The van der Waals surface area contributed by atoms with Gasteiger partial charge >= 0.3 is 0 Å². The monoisotopic (exact) mass is 518 g/mol. The van der Waals surface area contributed by atoms with E-state index >= 15 is 0 Å². The first-order valence-corrected chi connectivity index (χ1v) is 12.7. The Hall–Kier alpha value is -3.39. The molecule has 0 unspecified atom stereocenters. The van der Waals surface area contributed by atoms with Crippen molar-refractivity contribution in [2.45, 2.75) is 32.4 Å². The van der Waals surface area contributed by atoms with Crippen molar-refractivity contribution in [2.24, 2.45) is 5.73 Å². The smallest absolute Gasteiger partial charge is 0.204 e. The number of aromatic hydroxyl groups is 1. The minimum Gasteiger partial charge on any atom is -0.506 e. The Morgan fingerprint density at radius 2 is 1.76 bits per heavy atom. The highest BCUT2D eigenvalue weighted by Crippen LogP contribution is 2.27. The Morgan fingerprint density at radius 1 is 1.00 bits per heavy atom. The number of anilines is 1. The fourth-order valence-corrected chi connectivity index (χ4v) is 4.81. The number of fused-ring (bicyclic) bond motifs is 1. The van der Waals surface area contributed by atoms with E-state index in [0.29, 0.717) is 24.8 Å². The minimum absolute atomic E-state index is 0. The average molecular weight is 519 g/mol. The molecule has 0 saturated carbocycles. The van der Waals surface area contributed by atoms with Crippen molar-refractivity contribution in [1.82, 2.24) is 19.4 Å². The third-order valence-electron chi connectivity index (χ3n) is 6.80. The molecule has 5 rings (SSSR count). The number of hydrogen-bond acceptors (Lipinski definition) is 6. The summed E-state index contributed by atoms with van der Waals surface area (Å²) in [6.45, 7) is 6.08. The van der Waals surface area contributed by atoms with Gasteiger partial charge in [-0.25, -0.2) is 4.98 Å². The lowest BCUT2D eigenvalue weighted by Crippen LogP contribution is -2.41. The number of piperidine rings is 1. The molecular weight excluding hydrogens is 484 g/mol. The molecule has 4 N–H and O–H groups in total. The van der Waals surface area contributed by atoms with Crippen LogP contribution < -0.4 is 11.1 Å². The van der Waals surface area contributed by atoms with Gasteiger partial charge in [-0.3, -0.25) is 4.98 Å². The molecule has 1 aliphatic heterocycles. The topological polar surface area (TPSA) is 92.2 Å². The second kappa shape index (κ2) is 12.2. The fourth-order valence-electron chi connectivity index (χ4n) is 4.81. The van der Waals surface area contributed by atoms with E-state index in [1.807, 2.05) is 31.2 Å². The highest BCUT2D eigenvalue weighted by Gasteiger charge is 2.22. The zero-order valence-corrected chi connectivity index (χ0v) is 22.0. The van der Waals surface area contributed by atoms with Crippen LogP contribution in [0.25, 0.3) is 23.2 Å². The molecule has 0 bridgehead atoms. The zero-order chi connectivity index (χ0) is 24.9. The maximum atomic E-state index is 10.5. The number of hydrogen-bond donors (Lipinski definition) is 3. The molecule has 1 aliphatic rings. The number of halogens is 1. The number of nitrogens with two attached hydrogens (primary N) is 1. The molecule has 7 nitrogen and oxygen atoms in total. The second-order valence-corrected chi connectivity index (χ2v) is 9.48. The Kier molecular flexibility index (Phi) is 8.82. The molecule has 0 atom stereocenters. The van der Waals surface area contributed by atoms with Gasteiger partial charge in [0.15, 0.2) is 0 Å².